The third-order valence-electron chi connectivity index (χ3n) is 3.01. The van der Waals surface area contributed by atoms with E-state index < -0.39 is 21.7 Å². The second-order valence-corrected chi connectivity index (χ2v) is 7.00. The molecule has 0 atom stereocenters. The molecule has 0 spiro atoms. The Morgan fingerprint density at radius 2 is 2.00 bits per heavy atom. The number of carbonyl (C=O) groups excluding carboxylic acids is 1. The quantitative estimate of drug-likeness (QED) is 0.621. The minimum atomic E-state index is -3.66. The zero-order chi connectivity index (χ0) is 17.9. The molecular formula is C15H16N4O4S. The van der Waals surface area contributed by atoms with E-state index in [0.717, 1.165) is 6.26 Å². The maximum Gasteiger partial charge on any atom is 0.280 e. The first-order chi connectivity index (χ1) is 11.2. The second kappa shape index (κ2) is 6.67. The minimum absolute atomic E-state index is 0.0716. The zero-order valence-electron chi connectivity index (χ0n) is 13.1. The van der Waals surface area contributed by atoms with Crippen molar-refractivity contribution in [3.63, 3.8) is 0 Å². The molecule has 8 nitrogen and oxygen atoms in total. The van der Waals surface area contributed by atoms with Crippen LogP contribution >= 0.6 is 0 Å². The van der Waals surface area contributed by atoms with Crippen molar-refractivity contribution < 1.29 is 17.9 Å². The van der Waals surface area contributed by atoms with Gasteiger partial charge in [0.1, 0.15) is 16.4 Å². The Hall–Kier alpha value is -2.94. The van der Waals surface area contributed by atoms with E-state index in [4.69, 9.17) is 16.2 Å². The molecule has 24 heavy (non-hydrogen) atoms. The number of sulfone groups is 1. The van der Waals surface area contributed by atoms with Crippen LogP contribution in [0.3, 0.4) is 0 Å². The number of hydrogen-bond donors (Lipinski definition) is 2. The van der Waals surface area contributed by atoms with E-state index in [2.05, 4.69) is 9.98 Å². The summed E-state index contributed by atoms with van der Waals surface area (Å²) in [4.78, 5) is 19.2. The molecule has 0 aliphatic carbocycles. The highest BCUT2D eigenvalue weighted by molar-refractivity contribution is 7.90. The van der Waals surface area contributed by atoms with Gasteiger partial charge < -0.3 is 16.2 Å². The lowest BCUT2D eigenvalue weighted by Crippen LogP contribution is -2.24. The van der Waals surface area contributed by atoms with Gasteiger partial charge in [0.05, 0.1) is 6.20 Å². The number of aryl methyl sites for hydroxylation is 1. The van der Waals surface area contributed by atoms with Gasteiger partial charge in [-0.3, -0.25) is 9.78 Å². The maximum atomic E-state index is 12.1. The van der Waals surface area contributed by atoms with Gasteiger partial charge in [-0.2, -0.15) is 4.99 Å². The number of amides is 1. The molecule has 2 rings (SSSR count). The summed E-state index contributed by atoms with van der Waals surface area (Å²) >= 11 is 0. The van der Waals surface area contributed by atoms with Gasteiger partial charge in [0.2, 0.25) is 0 Å². The molecule has 0 radical (unpaired) electrons. The summed E-state index contributed by atoms with van der Waals surface area (Å²) in [5.41, 5.74) is 10.9. The smallest absolute Gasteiger partial charge is 0.280 e. The van der Waals surface area contributed by atoms with E-state index in [0.29, 0.717) is 11.3 Å². The predicted molar refractivity (Wildman–Crippen MR) is 88.7 cm³/mol. The van der Waals surface area contributed by atoms with Crippen molar-refractivity contribution in [2.75, 3.05) is 6.26 Å². The van der Waals surface area contributed by atoms with Crippen molar-refractivity contribution in [2.24, 2.45) is 16.5 Å². The highest BCUT2D eigenvalue weighted by Crippen LogP contribution is 2.31. The highest BCUT2D eigenvalue weighted by Gasteiger charge is 2.21. The Kier molecular flexibility index (Phi) is 4.84. The van der Waals surface area contributed by atoms with Gasteiger partial charge in [-0.1, -0.05) is 0 Å². The molecule has 9 heteroatoms. The molecule has 1 aromatic heterocycles. The molecule has 0 bridgehead atoms. The molecule has 0 aliphatic rings. The summed E-state index contributed by atoms with van der Waals surface area (Å²) < 4.78 is 29.7. The van der Waals surface area contributed by atoms with E-state index in [1.165, 1.54) is 18.3 Å². The number of hydrogen-bond acceptors (Lipinski definition) is 5. The van der Waals surface area contributed by atoms with Crippen molar-refractivity contribution in [3.8, 4) is 11.5 Å². The normalized spacial score (nSPS) is 10.9. The van der Waals surface area contributed by atoms with Crippen LogP contribution in [0.5, 0.6) is 11.5 Å². The third-order valence-corrected chi connectivity index (χ3v) is 4.13. The van der Waals surface area contributed by atoms with Gasteiger partial charge >= 0.3 is 0 Å². The summed E-state index contributed by atoms with van der Waals surface area (Å²) in [5.74, 6) is -0.685. The first-order valence-corrected chi connectivity index (χ1v) is 8.64. The Labute approximate surface area is 139 Å². The van der Waals surface area contributed by atoms with E-state index in [9.17, 15) is 13.2 Å². The van der Waals surface area contributed by atoms with Crippen LogP contribution in [-0.4, -0.2) is 31.5 Å². The fourth-order valence-corrected chi connectivity index (χ4v) is 2.77. The molecule has 0 saturated heterocycles. The Balaban J connectivity index is 2.58. The average molecular weight is 348 g/mol. The Bertz CT molecular complexity index is 905. The Morgan fingerprint density at radius 3 is 2.54 bits per heavy atom. The zero-order valence-corrected chi connectivity index (χ0v) is 13.9. The monoisotopic (exact) mass is 348 g/mol. The van der Waals surface area contributed by atoms with Crippen LogP contribution in [0.2, 0.25) is 0 Å². The van der Waals surface area contributed by atoms with Crippen LogP contribution in [0.1, 0.15) is 15.9 Å². The average Bonchev–Trinajstić information content (AvgIpc) is 2.46. The number of rotatable bonds is 4. The maximum absolute atomic E-state index is 12.1. The molecule has 1 aromatic carbocycles. The molecule has 4 N–H and O–H groups in total. The van der Waals surface area contributed by atoms with E-state index in [-0.39, 0.29) is 16.2 Å². The number of carbonyl (C=O) groups is 1. The molecule has 1 amide bonds. The first-order valence-electron chi connectivity index (χ1n) is 6.75. The van der Waals surface area contributed by atoms with Gasteiger partial charge in [0.15, 0.2) is 15.8 Å². The molecule has 0 fully saturated rings. The van der Waals surface area contributed by atoms with Crippen LogP contribution in [0.25, 0.3) is 0 Å². The largest absolute Gasteiger partial charge is 0.454 e. The summed E-state index contributed by atoms with van der Waals surface area (Å²) in [6.45, 7) is 1.62. The molecule has 0 aliphatic heterocycles. The van der Waals surface area contributed by atoms with Crippen molar-refractivity contribution in [1.29, 1.82) is 0 Å². The lowest BCUT2D eigenvalue weighted by atomic mass is 10.1. The van der Waals surface area contributed by atoms with Gasteiger partial charge in [-0.15, -0.1) is 0 Å². The van der Waals surface area contributed by atoms with Crippen molar-refractivity contribution >= 4 is 21.7 Å². The molecule has 0 saturated carbocycles. The van der Waals surface area contributed by atoms with Crippen molar-refractivity contribution in [1.82, 2.24) is 4.98 Å². The number of guanidine groups is 1. The number of aromatic nitrogens is 1. The fraction of sp³-hybridized carbons (Fsp3) is 0.133. The SMILES string of the molecule is Cc1cc(Oc2cccnc2)c(S(C)(=O)=O)cc1C(=O)N=C(N)N. The number of benzene rings is 1. The lowest BCUT2D eigenvalue weighted by molar-refractivity contribution is 0.100. The number of nitrogens with zero attached hydrogens (tertiary/aromatic N) is 2. The van der Waals surface area contributed by atoms with E-state index >= 15 is 0 Å². The molecule has 126 valence electrons. The van der Waals surface area contributed by atoms with Crippen LogP contribution in [0.4, 0.5) is 0 Å². The minimum Gasteiger partial charge on any atom is -0.454 e. The van der Waals surface area contributed by atoms with Gasteiger partial charge in [0.25, 0.3) is 5.91 Å². The molecular weight excluding hydrogens is 332 g/mol. The standard InChI is InChI=1S/C15H16N4O4S/c1-9-6-12(23-10-4-3-5-18-8-10)13(24(2,21)22)7-11(9)14(20)19-15(16)17/h3-8H,1-2H3,(H4,16,17,19,20). The summed E-state index contributed by atoms with van der Waals surface area (Å²) in [7, 11) is -3.66. The van der Waals surface area contributed by atoms with Crippen LogP contribution in [0, 0.1) is 6.92 Å². The first kappa shape index (κ1) is 17.4. The van der Waals surface area contributed by atoms with Gasteiger partial charge in [-0.25, -0.2) is 8.42 Å². The Morgan fingerprint density at radius 1 is 1.29 bits per heavy atom. The fourth-order valence-electron chi connectivity index (χ4n) is 1.97. The van der Waals surface area contributed by atoms with Crippen molar-refractivity contribution in [3.05, 3.63) is 47.8 Å². The molecule has 2 aromatic rings. The topological polar surface area (TPSA) is 138 Å². The summed E-state index contributed by atoms with van der Waals surface area (Å²) in [6.07, 6.45) is 4.02. The lowest BCUT2D eigenvalue weighted by Gasteiger charge is -2.13. The van der Waals surface area contributed by atoms with Crippen molar-refractivity contribution in [2.45, 2.75) is 11.8 Å². The van der Waals surface area contributed by atoms with E-state index in [1.54, 1.807) is 25.3 Å². The summed E-state index contributed by atoms with van der Waals surface area (Å²) in [6, 6.07) is 5.93. The highest BCUT2D eigenvalue weighted by atomic mass is 32.2. The second-order valence-electron chi connectivity index (χ2n) is 5.02. The third kappa shape index (κ3) is 4.07. The van der Waals surface area contributed by atoms with Crippen LogP contribution < -0.4 is 16.2 Å². The van der Waals surface area contributed by atoms with Crippen LogP contribution in [0.15, 0.2) is 46.5 Å². The predicted octanol–water partition coefficient (Wildman–Crippen LogP) is 0.999. The van der Waals surface area contributed by atoms with E-state index in [1.807, 2.05) is 0 Å². The summed E-state index contributed by atoms with van der Waals surface area (Å²) in [5, 5.41) is 0. The number of aliphatic imine (C=N–C) groups is 1. The van der Waals surface area contributed by atoms with Gasteiger partial charge in [-0.05, 0) is 36.8 Å². The molecule has 0 unspecified atom stereocenters. The number of ether oxygens (including phenoxy) is 1. The number of pyridine rings is 1. The number of nitrogens with two attached hydrogens (primary N) is 2. The van der Waals surface area contributed by atoms with Gasteiger partial charge in [0, 0.05) is 18.0 Å². The molecule has 1 heterocycles. The van der Waals surface area contributed by atoms with Crippen LogP contribution in [-0.2, 0) is 9.84 Å².